The summed E-state index contributed by atoms with van der Waals surface area (Å²) in [5.41, 5.74) is 0.0829. The van der Waals surface area contributed by atoms with Crippen molar-refractivity contribution in [3.8, 4) is 40.1 Å². The second kappa shape index (κ2) is 15.5. The molecular weight excluding hydrogens is 704 g/mol. The van der Waals surface area contributed by atoms with Gasteiger partial charge in [0.15, 0.2) is 23.2 Å². The van der Waals surface area contributed by atoms with Gasteiger partial charge in [-0.2, -0.15) is 0 Å². The Morgan fingerprint density at radius 1 is 0.736 bits per heavy atom. The van der Waals surface area contributed by atoms with Crippen molar-refractivity contribution in [2.24, 2.45) is 0 Å². The van der Waals surface area contributed by atoms with Crippen LogP contribution in [0.25, 0.3) is 28.4 Å². The molecule has 17 heteroatoms. The van der Waals surface area contributed by atoms with Crippen LogP contribution in [0, 0.1) is 0 Å². The van der Waals surface area contributed by atoms with Gasteiger partial charge < -0.3 is 74.1 Å². The summed E-state index contributed by atoms with van der Waals surface area (Å²) in [5, 5.41) is 91.4. The Morgan fingerprint density at radius 2 is 1.43 bits per heavy atom. The molecule has 10 atom stereocenters. The predicted molar refractivity (Wildman–Crippen MR) is 180 cm³/mol. The Morgan fingerprint density at radius 3 is 2.15 bits per heavy atom. The molecule has 0 amide bonds. The third kappa shape index (κ3) is 8.13. The minimum absolute atomic E-state index is 0.0627. The van der Waals surface area contributed by atoms with E-state index in [-0.39, 0.29) is 39.7 Å². The van der Waals surface area contributed by atoms with Crippen molar-refractivity contribution in [1.82, 2.24) is 0 Å². The van der Waals surface area contributed by atoms with E-state index in [4.69, 9.17) is 28.1 Å². The average molecular weight is 741 g/mol. The topological polar surface area (TPSA) is 275 Å². The molecule has 3 aromatic carbocycles. The average Bonchev–Trinajstić information content (AvgIpc) is 3.12. The lowest BCUT2D eigenvalue weighted by Gasteiger charge is -2.42. The maximum absolute atomic E-state index is 13.0. The first-order chi connectivity index (χ1) is 25.2. The van der Waals surface area contributed by atoms with Crippen molar-refractivity contribution in [3.63, 3.8) is 0 Å². The number of phenolic OH excluding ortho intramolecular Hbond substituents is 3. The molecule has 1 aromatic heterocycles. The highest BCUT2D eigenvalue weighted by atomic mass is 16.7. The predicted octanol–water partition coefficient (Wildman–Crippen LogP) is 0.226. The Bertz CT molecular complexity index is 2030. The maximum Gasteiger partial charge on any atom is 0.336 e. The molecule has 4 aromatic rings. The highest BCUT2D eigenvalue weighted by Crippen LogP contribution is 2.34. The van der Waals surface area contributed by atoms with Crippen LogP contribution in [-0.2, 0) is 19.0 Å². The Balaban J connectivity index is 1.15. The molecule has 9 N–H and O–H groups in total. The smallest absolute Gasteiger partial charge is 0.336 e. The zero-order chi connectivity index (χ0) is 38.1. The molecule has 3 heterocycles. The van der Waals surface area contributed by atoms with Gasteiger partial charge in [-0.05, 0) is 55.0 Å². The Hall–Kier alpha value is -5.08. The van der Waals surface area contributed by atoms with Crippen molar-refractivity contribution >= 4 is 23.0 Å². The molecule has 17 nitrogen and oxygen atoms in total. The number of fused-ring (bicyclic) bond motifs is 1. The van der Waals surface area contributed by atoms with Crippen LogP contribution in [-0.4, -0.2) is 120 Å². The number of hydrogen-bond donors (Lipinski definition) is 9. The third-order valence-corrected chi connectivity index (χ3v) is 8.71. The van der Waals surface area contributed by atoms with Crippen LogP contribution in [0.1, 0.15) is 12.5 Å². The van der Waals surface area contributed by atoms with Gasteiger partial charge in [0.25, 0.3) is 0 Å². The number of aromatic hydroxyl groups is 3. The second-order valence-corrected chi connectivity index (χ2v) is 12.5. The van der Waals surface area contributed by atoms with E-state index < -0.39 is 85.2 Å². The first-order valence-corrected chi connectivity index (χ1v) is 16.2. The van der Waals surface area contributed by atoms with Crippen LogP contribution in [0.2, 0.25) is 0 Å². The summed E-state index contributed by atoms with van der Waals surface area (Å²) in [7, 11) is 0. The summed E-state index contributed by atoms with van der Waals surface area (Å²) < 4.78 is 33.4. The van der Waals surface area contributed by atoms with E-state index in [1.165, 1.54) is 61.5 Å². The fraction of sp³-hybridized carbons (Fsp3) is 0.333. The van der Waals surface area contributed by atoms with Crippen molar-refractivity contribution in [1.29, 1.82) is 0 Å². The van der Waals surface area contributed by atoms with Gasteiger partial charge in [0.05, 0.1) is 12.7 Å². The Labute approximate surface area is 299 Å². The summed E-state index contributed by atoms with van der Waals surface area (Å²) in [5.74, 6) is -1.88. The number of phenols is 3. The zero-order valence-electron chi connectivity index (χ0n) is 27.7. The maximum atomic E-state index is 13.0. The summed E-state index contributed by atoms with van der Waals surface area (Å²) >= 11 is 0. The van der Waals surface area contributed by atoms with E-state index >= 15 is 0 Å². The van der Waals surface area contributed by atoms with E-state index in [0.29, 0.717) is 11.1 Å². The van der Waals surface area contributed by atoms with Crippen molar-refractivity contribution in [2.75, 3.05) is 6.61 Å². The molecule has 2 aliphatic heterocycles. The summed E-state index contributed by atoms with van der Waals surface area (Å²) in [6.45, 7) is 0.922. The van der Waals surface area contributed by atoms with Crippen LogP contribution >= 0.6 is 0 Å². The molecule has 0 aliphatic carbocycles. The summed E-state index contributed by atoms with van der Waals surface area (Å²) in [6.07, 6.45) is -12.8. The minimum Gasteiger partial charge on any atom is -0.507 e. The van der Waals surface area contributed by atoms with Crippen LogP contribution in [0.4, 0.5) is 0 Å². The number of rotatable bonds is 9. The van der Waals surface area contributed by atoms with E-state index in [0.717, 1.165) is 18.2 Å². The van der Waals surface area contributed by atoms with Crippen molar-refractivity contribution in [2.45, 2.75) is 68.3 Å². The van der Waals surface area contributed by atoms with Crippen LogP contribution in [0.3, 0.4) is 0 Å². The molecule has 10 unspecified atom stereocenters. The SMILES string of the molecule is CC1OC(OCC2OC(Oc3cc(O)c4c(=O)cc(-c5ccc(OC(=O)/C=C/c6ccc(O)c(O)c6)cc5)oc4c3)C(O)C(O)C2O)C(O)C(O)C1O. The third-order valence-electron chi connectivity index (χ3n) is 8.71. The largest absolute Gasteiger partial charge is 0.507 e. The molecule has 0 bridgehead atoms. The van der Waals surface area contributed by atoms with E-state index in [1.54, 1.807) is 0 Å². The number of aliphatic hydroxyl groups is 6. The van der Waals surface area contributed by atoms with Gasteiger partial charge in [-0.25, -0.2) is 4.79 Å². The number of carbonyl (C=O) groups excluding carboxylic acids is 1. The van der Waals surface area contributed by atoms with Crippen LogP contribution < -0.4 is 14.9 Å². The highest BCUT2D eigenvalue weighted by Gasteiger charge is 2.47. The molecular formula is C36H36O17. The fourth-order valence-corrected chi connectivity index (χ4v) is 5.73. The number of carbonyl (C=O) groups is 1. The van der Waals surface area contributed by atoms with Gasteiger partial charge in [-0.15, -0.1) is 0 Å². The first kappa shape index (κ1) is 37.7. The van der Waals surface area contributed by atoms with Gasteiger partial charge in [0.1, 0.15) is 76.7 Å². The van der Waals surface area contributed by atoms with Crippen molar-refractivity contribution < 1.29 is 78.9 Å². The lowest BCUT2D eigenvalue weighted by atomic mass is 9.98. The van der Waals surface area contributed by atoms with E-state index in [2.05, 4.69) is 0 Å². The number of ether oxygens (including phenoxy) is 5. The molecule has 282 valence electrons. The number of esters is 1. The monoisotopic (exact) mass is 740 g/mol. The van der Waals surface area contributed by atoms with Gasteiger partial charge in [-0.1, -0.05) is 6.07 Å². The molecule has 2 saturated heterocycles. The second-order valence-electron chi connectivity index (χ2n) is 12.5. The number of aliphatic hydroxyl groups excluding tert-OH is 6. The number of benzene rings is 3. The van der Waals surface area contributed by atoms with Gasteiger partial charge in [0.2, 0.25) is 6.29 Å². The van der Waals surface area contributed by atoms with E-state index in [1.807, 2.05) is 0 Å². The molecule has 0 saturated carbocycles. The molecule has 2 fully saturated rings. The summed E-state index contributed by atoms with van der Waals surface area (Å²) in [6, 6.07) is 13.4. The molecule has 0 spiro atoms. The minimum atomic E-state index is -1.81. The molecule has 0 radical (unpaired) electrons. The van der Waals surface area contributed by atoms with Gasteiger partial charge >= 0.3 is 5.97 Å². The number of hydrogen-bond acceptors (Lipinski definition) is 17. The quantitative estimate of drug-likeness (QED) is 0.0481. The summed E-state index contributed by atoms with van der Waals surface area (Å²) in [4.78, 5) is 25.3. The molecule has 53 heavy (non-hydrogen) atoms. The van der Waals surface area contributed by atoms with Crippen LogP contribution in [0.15, 0.2) is 76.0 Å². The van der Waals surface area contributed by atoms with Crippen molar-refractivity contribution in [3.05, 3.63) is 82.5 Å². The lowest BCUT2D eigenvalue weighted by molar-refractivity contribution is -0.318. The standard InChI is InChI=1S/C36H36O17/c1-15-29(42)31(44)33(46)35(49-15)48-14-26-30(43)32(45)34(47)36(53-26)51-19-11-22(39)28-23(40)13-24(52-25(28)12-19)17-4-6-18(7-5-17)50-27(41)9-3-16-2-8-20(37)21(38)10-16/h2-13,15,26,29-39,42-47H,14H2,1H3/b9-3+. The van der Waals surface area contributed by atoms with Gasteiger partial charge in [0, 0.05) is 29.8 Å². The molecule has 6 rings (SSSR count). The highest BCUT2D eigenvalue weighted by molar-refractivity contribution is 5.89. The first-order valence-electron chi connectivity index (χ1n) is 16.2. The Kier molecular flexibility index (Phi) is 11.0. The lowest BCUT2D eigenvalue weighted by Crippen LogP contribution is -2.61. The van der Waals surface area contributed by atoms with Crippen LogP contribution in [0.5, 0.6) is 28.7 Å². The zero-order valence-corrected chi connectivity index (χ0v) is 27.7. The molecule has 2 aliphatic rings. The van der Waals surface area contributed by atoms with E-state index in [9.17, 15) is 55.5 Å². The normalized spacial score (nSPS) is 29.0. The van der Waals surface area contributed by atoms with Gasteiger partial charge in [-0.3, -0.25) is 4.79 Å². The fourth-order valence-electron chi connectivity index (χ4n) is 5.73.